The second-order valence-electron chi connectivity index (χ2n) is 6.40. The zero-order chi connectivity index (χ0) is 17.9. The van der Waals surface area contributed by atoms with Crippen molar-refractivity contribution in [2.75, 3.05) is 13.1 Å². The number of likely N-dealkylation sites (tertiary alicyclic amines) is 1. The van der Waals surface area contributed by atoms with Gasteiger partial charge in [0.1, 0.15) is 5.69 Å². The highest BCUT2D eigenvalue weighted by Crippen LogP contribution is 2.19. The van der Waals surface area contributed by atoms with Crippen LogP contribution in [0.4, 0.5) is 0 Å². The van der Waals surface area contributed by atoms with Crippen molar-refractivity contribution >= 4 is 23.2 Å². The standard InChI is InChI=1S/C19H19ClN4O2/c20-15-5-3-14(4-6-15)13-26-16-2-1-8-23(12-16)19(25)17-10-22-18-11-21-7-9-24(17)18/h3-7,9-11,16H,1-2,8,12-13H2. The van der Waals surface area contributed by atoms with E-state index >= 15 is 0 Å². The topological polar surface area (TPSA) is 59.7 Å². The summed E-state index contributed by atoms with van der Waals surface area (Å²) in [5.74, 6) is -0.0245. The van der Waals surface area contributed by atoms with Crippen molar-refractivity contribution < 1.29 is 9.53 Å². The van der Waals surface area contributed by atoms with E-state index in [9.17, 15) is 4.79 Å². The maximum absolute atomic E-state index is 12.9. The van der Waals surface area contributed by atoms with E-state index in [1.165, 1.54) is 0 Å². The molecule has 1 aliphatic rings. The number of aromatic nitrogens is 3. The van der Waals surface area contributed by atoms with Crippen molar-refractivity contribution in [3.8, 4) is 0 Å². The predicted octanol–water partition coefficient (Wildman–Crippen LogP) is 3.20. The van der Waals surface area contributed by atoms with E-state index in [1.54, 1.807) is 29.2 Å². The molecule has 0 saturated carbocycles. The molecule has 7 heteroatoms. The van der Waals surface area contributed by atoms with Gasteiger partial charge in [-0.15, -0.1) is 0 Å². The first-order valence-corrected chi connectivity index (χ1v) is 9.01. The molecule has 0 spiro atoms. The van der Waals surface area contributed by atoms with E-state index in [-0.39, 0.29) is 12.0 Å². The molecule has 1 aromatic carbocycles. The fourth-order valence-corrected chi connectivity index (χ4v) is 3.34. The molecule has 0 bridgehead atoms. The zero-order valence-corrected chi connectivity index (χ0v) is 15.0. The Labute approximate surface area is 156 Å². The smallest absolute Gasteiger partial charge is 0.272 e. The summed E-state index contributed by atoms with van der Waals surface area (Å²) in [7, 11) is 0. The largest absolute Gasteiger partial charge is 0.372 e. The number of carbonyl (C=O) groups excluding carboxylic acids is 1. The van der Waals surface area contributed by atoms with E-state index in [4.69, 9.17) is 16.3 Å². The van der Waals surface area contributed by atoms with Gasteiger partial charge in [0.05, 0.1) is 25.1 Å². The summed E-state index contributed by atoms with van der Waals surface area (Å²) in [6.45, 7) is 1.84. The number of halogens is 1. The molecule has 4 rings (SSSR count). The quantitative estimate of drug-likeness (QED) is 0.707. The summed E-state index contributed by atoms with van der Waals surface area (Å²) in [5.41, 5.74) is 2.30. The van der Waals surface area contributed by atoms with E-state index < -0.39 is 0 Å². The van der Waals surface area contributed by atoms with Gasteiger partial charge in [0.15, 0.2) is 5.65 Å². The van der Waals surface area contributed by atoms with Gasteiger partial charge in [-0.25, -0.2) is 4.98 Å². The molecule has 1 amide bonds. The van der Waals surface area contributed by atoms with Crippen LogP contribution in [0.25, 0.3) is 5.65 Å². The van der Waals surface area contributed by atoms with Crippen LogP contribution < -0.4 is 0 Å². The van der Waals surface area contributed by atoms with Crippen LogP contribution in [0.3, 0.4) is 0 Å². The lowest BCUT2D eigenvalue weighted by molar-refractivity contribution is -0.00691. The van der Waals surface area contributed by atoms with Crippen molar-refractivity contribution in [1.29, 1.82) is 0 Å². The molecule has 3 heterocycles. The third-order valence-corrected chi connectivity index (χ3v) is 4.85. The summed E-state index contributed by atoms with van der Waals surface area (Å²) in [5, 5.41) is 0.714. The monoisotopic (exact) mass is 370 g/mol. The fraction of sp³-hybridized carbons (Fsp3) is 0.316. The number of benzene rings is 1. The van der Waals surface area contributed by atoms with Crippen LogP contribution in [0.1, 0.15) is 28.9 Å². The van der Waals surface area contributed by atoms with Crippen LogP contribution in [-0.4, -0.2) is 44.4 Å². The number of imidazole rings is 1. The number of ether oxygens (including phenoxy) is 1. The molecular formula is C19H19ClN4O2. The molecule has 1 atom stereocenters. The molecule has 2 aromatic heterocycles. The predicted molar refractivity (Wildman–Crippen MR) is 98.2 cm³/mol. The number of carbonyl (C=O) groups is 1. The van der Waals surface area contributed by atoms with Crippen LogP contribution in [0, 0.1) is 0 Å². The van der Waals surface area contributed by atoms with Crippen LogP contribution in [0.2, 0.25) is 5.02 Å². The normalized spacial score (nSPS) is 17.6. The minimum absolute atomic E-state index is 0.0245. The first-order valence-electron chi connectivity index (χ1n) is 8.63. The molecule has 1 saturated heterocycles. The van der Waals surface area contributed by atoms with Crippen LogP contribution >= 0.6 is 11.6 Å². The highest BCUT2D eigenvalue weighted by molar-refractivity contribution is 6.30. The number of rotatable bonds is 4. The van der Waals surface area contributed by atoms with Crippen molar-refractivity contribution in [1.82, 2.24) is 19.3 Å². The number of fused-ring (bicyclic) bond motifs is 1. The Hall–Kier alpha value is -2.44. The summed E-state index contributed by atoms with van der Waals surface area (Å²) in [4.78, 5) is 23.0. The van der Waals surface area contributed by atoms with Gasteiger partial charge in [0.25, 0.3) is 5.91 Å². The van der Waals surface area contributed by atoms with Gasteiger partial charge in [-0.3, -0.25) is 14.2 Å². The highest BCUT2D eigenvalue weighted by atomic mass is 35.5. The number of nitrogens with zero attached hydrogens (tertiary/aromatic N) is 4. The van der Waals surface area contributed by atoms with Gasteiger partial charge in [0.2, 0.25) is 0 Å². The highest BCUT2D eigenvalue weighted by Gasteiger charge is 2.26. The Morgan fingerprint density at radius 2 is 2.12 bits per heavy atom. The van der Waals surface area contributed by atoms with E-state index in [0.717, 1.165) is 24.9 Å². The maximum atomic E-state index is 12.9. The average Bonchev–Trinajstić information content (AvgIpc) is 3.11. The molecule has 6 nitrogen and oxygen atoms in total. The minimum atomic E-state index is -0.0245. The number of piperidine rings is 1. The lowest BCUT2D eigenvalue weighted by Crippen LogP contribution is -2.43. The Kier molecular flexibility index (Phi) is 4.86. The van der Waals surface area contributed by atoms with Crippen molar-refractivity contribution in [3.63, 3.8) is 0 Å². The second-order valence-corrected chi connectivity index (χ2v) is 6.84. The van der Waals surface area contributed by atoms with Gasteiger partial charge in [-0.05, 0) is 30.5 Å². The molecule has 0 aliphatic carbocycles. The van der Waals surface area contributed by atoms with E-state index in [2.05, 4.69) is 9.97 Å². The Bertz CT molecular complexity index is 909. The maximum Gasteiger partial charge on any atom is 0.272 e. The Morgan fingerprint density at radius 3 is 2.96 bits per heavy atom. The van der Waals surface area contributed by atoms with Crippen molar-refractivity contribution in [2.24, 2.45) is 0 Å². The van der Waals surface area contributed by atoms with E-state index in [0.29, 0.717) is 29.5 Å². The van der Waals surface area contributed by atoms with Gasteiger partial charge in [-0.1, -0.05) is 23.7 Å². The third-order valence-electron chi connectivity index (χ3n) is 4.60. The average molecular weight is 371 g/mol. The molecule has 0 N–H and O–H groups in total. The Balaban J connectivity index is 1.41. The van der Waals surface area contributed by atoms with Crippen LogP contribution in [0.5, 0.6) is 0 Å². The Morgan fingerprint density at radius 1 is 1.27 bits per heavy atom. The van der Waals surface area contributed by atoms with Crippen molar-refractivity contribution in [3.05, 3.63) is 65.3 Å². The second kappa shape index (κ2) is 7.43. The van der Waals surface area contributed by atoms with Crippen LogP contribution in [-0.2, 0) is 11.3 Å². The SMILES string of the molecule is O=C(c1cnc2cnccn12)N1CCCC(OCc2ccc(Cl)cc2)C1. The molecule has 0 radical (unpaired) electrons. The third kappa shape index (κ3) is 3.57. The first kappa shape index (κ1) is 17.0. The number of hydrogen-bond acceptors (Lipinski definition) is 4. The molecule has 3 aromatic rings. The van der Waals surface area contributed by atoms with Gasteiger partial charge < -0.3 is 9.64 Å². The zero-order valence-electron chi connectivity index (χ0n) is 14.2. The summed E-state index contributed by atoms with van der Waals surface area (Å²) in [6, 6.07) is 7.63. The minimum Gasteiger partial charge on any atom is -0.372 e. The molecule has 1 fully saturated rings. The lowest BCUT2D eigenvalue weighted by atomic mass is 10.1. The van der Waals surface area contributed by atoms with Gasteiger partial charge >= 0.3 is 0 Å². The molecule has 1 unspecified atom stereocenters. The van der Waals surface area contributed by atoms with E-state index in [1.807, 2.05) is 29.2 Å². The summed E-state index contributed by atoms with van der Waals surface area (Å²) < 4.78 is 7.80. The molecule has 1 aliphatic heterocycles. The number of amides is 1. The van der Waals surface area contributed by atoms with Crippen molar-refractivity contribution in [2.45, 2.75) is 25.6 Å². The summed E-state index contributed by atoms with van der Waals surface area (Å²) in [6.07, 6.45) is 8.57. The fourth-order valence-electron chi connectivity index (χ4n) is 3.22. The van der Waals surface area contributed by atoms with Crippen LogP contribution in [0.15, 0.2) is 49.1 Å². The van der Waals surface area contributed by atoms with Gasteiger partial charge in [-0.2, -0.15) is 0 Å². The summed E-state index contributed by atoms with van der Waals surface area (Å²) >= 11 is 5.91. The van der Waals surface area contributed by atoms with Gasteiger partial charge in [0, 0.05) is 30.5 Å². The first-order chi connectivity index (χ1) is 12.7. The number of hydrogen-bond donors (Lipinski definition) is 0. The molecule has 134 valence electrons. The molecular weight excluding hydrogens is 352 g/mol. The molecule has 26 heavy (non-hydrogen) atoms. The lowest BCUT2D eigenvalue weighted by Gasteiger charge is -2.32.